The van der Waals surface area contributed by atoms with Gasteiger partial charge in [-0.15, -0.1) is 0 Å². The molecule has 0 fully saturated rings. The first-order valence-electron chi connectivity index (χ1n) is 9.71. The molecule has 6 heteroatoms. The maximum absolute atomic E-state index is 12.5. The molecule has 3 rings (SSSR count). The molecule has 154 valence electrons. The number of anilines is 3. The predicted octanol–water partition coefficient (Wildman–Crippen LogP) is 4.66. The summed E-state index contributed by atoms with van der Waals surface area (Å²) in [5.41, 5.74) is 3.29. The number of carbonyl (C=O) groups excluding carboxylic acids is 2. The maximum atomic E-state index is 12.5. The summed E-state index contributed by atoms with van der Waals surface area (Å²) in [5.74, 6) is 0.459. The fraction of sp³-hybridized carbons (Fsp3) is 0.167. The molecule has 0 saturated heterocycles. The second-order valence-electron chi connectivity index (χ2n) is 6.91. The number of hydrogen-bond acceptors (Lipinski definition) is 4. The summed E-state index contributed by atoms with van der Waals surface area (Å²) in [6.07, 6.45) is 0. The van der Waals surface area contributed by atoms with E-state index in [0.29, 0.717) is 18.0 Å². The van der Waals surface area contributed by atoms with Crippen LogP contribution in [0.15, 0.2) is 78.9 Å². The molecule has 0 unspecified atom stereocenters. The molecule has 30 heavy (non-hydrogen) atoms. The lowest BCUT2D eigenvalue weighted by molar-refractivity contribution is -0.116. The Labute approximate surface area is 176 Å². The summed E-state index contributed by atoms with van der Waals surface area (Å²) < 4.78 is 5.76. The SMILES string of the molecule is CC(=O)Nc1ccc(N[C@@H](C)C(=O)Nc2ccc(OCc3ccccc3)cc2)cc1. The third-order valence-electron chi connectivity index (χ3n) is 4.35. The Hall–Kier alpha value is -3.80. The molecule has 6 nitrogen and oxygen atoms in total. The van der Waals surface area contributed by atoms with Gasteiger partial charge in [-0.1, -0.05) is 30.3 Å². The molecule has 0 aliphatic heterocycles. The Morgan fingerprint density at radius 3 is 2.00 bits per heavy atom. The van der Waals surface area contributed by atoms with Crippen LogP contribution in [0, 0.1) is 0 Å². The van der Waals surface area contributed by atoms with E-state index < -0.39 is 6.04 Å². The lowest BCUT2D eigenvalue weighted by Crippen LogP contribution is -2.31. The molecular weight excluding hydrogens is 378 g/mol. The first-order chi connectivity index (χ1) is 14.5. The number of amides is 2. The number of ether oxygens (including phenoxy) is 1. The second-order valence-corrected chi connectivity index (χ2v) is 6.91. The fourth-order valence-electron chi connectivity index (χ4n) is 2.79. The van der Waals surface area contributed by atoms with Crippen molar-refractivity contribution in [3.63, 3.8) is 0 Å². The van der Waals surface area contributed by atoms with Crippen molar-refractivity contribution in [1.29, 1.82) is 0 Å². The lowest BCUT2D eigenvalue weighted by Gasteiger charge is -2.16. The van der Waals surface area contributed by atoms with Crippen LogP contribution >= 0.6 is 0 Å². The van der Waals surface area contributed by atoms with Crippen molar-refractivity contribution in [3.05, 3.63) is 84.4 Å². The van der Waals surface area contributed by atoms with Gasteiger partial charge in [-0.05, 0) is 61.0 Å². The third kappa shape index (κ3) is 6.38. The molecule has 3 N–H and O–H groups in total. The summed E-state index contributed by atoms with van der Waals surface area (Å²) >= 11 is 0. The molecule has 0 aliphatic carbocycles. The molecule has 0 aromatic heterocycles. The Morgan fingerprint density at radius 2 is 1.37 bits per heavy atom. The van der Waals surface area contributed by atoms with Crippen molar-refractivity contribution >= 4 is 28.9 Å². The van der Waals surface area contributed by atoms with Crippen molar-refractivity contribution in [1.82, 2.24) is 0 Å². The molecule has 0 spiro atoms. The minimum Gasteiger partial charge on any atom is -0.489 e. The van der Waals surface area contributed by atoms with Crippen molar-refractivity contribution in [3.8, 4) is 5.75 Å². The summed E-state index contributed by atoms with van der Waals surface area (Å²) in [6, 6.07) is 24.0. The van der Waals surface area contributed by atoms with E-state index in [1.807, 2.05) is 66.7 Å². The highest BCUT2D eigenvalue weighted by molar-refractivity contribution is 5.96. The normalized spacial score (nSPS) is 11.3. The van der Waals surface area contributed by atoms with Crippen LogP contribution in [-0.4, -0.2) is 17.9 Å². The van der Waals surface area contributed by atoms with Crippen LogP contribution in [0.1, 0.15) is 19.4 Å². The van der Waals surface area contributed by atoms with Gasteiger partial charge in [0.2, 0.25) is 11.8 Å². The number of carbonyl (C=O) groups is 2. The predicted molar refractivity (Wildman–Crippen MR) is 120 cm³/mol. The van der Waals surface area contributed by atoms with Crippen LogP contribution in [0.2, 0.25) is 0 Å². The minimum absolute atomic E-state index is 0.125. The standard InChI is InChI=1S/C24H25N3O3/c1-17(25-20-8-10-21(11-9-20)26-18(2)28)24(29)27-22-12-14-23(15-13-22)30-16-19-6-4-3-5-7-19/h3-15,17,25H,16H2,1-2H3,(H,26,28)(H,27,29)/t17-/m0/s1. The molecule has 3 aromatic carbocycles. The quantitative estimate of drug-likeness (QED) is 0.511. The second kappa shape index (κ2) is 10.1. The van der Waals surface area contributed by atoms with Gasteiger partial charge in [0.25, 0.3) is 0 Å². The van der Waals surface area contributed by atoms with Gasteiger partial charge in [-0.2, -0.15) is 0 Å². The van der Waals surface area contributed by atoms with Crippen LogP contribution in [0.25, 0.3) is 0 Å². The highest BCUT2D eigenvalue weighted by Crippen LogP contribution is 2.18. The van der Waals surface area contributed by atoms with E-state index >= 15 is 0 Å². The molecule has 0 radical (unpaired) electrons. The average molecular weight is 403 g/mol. The van der Waals surface area contributed by atoms with Crippen molar-refractivity contribution < 1.29 is 14.3 Å². The summed E-state index contributed by atoms with van der Waals surface area (Å²) in [4.78, 5) is 23.5. The fourth-order valence-corrected chi connectivity index (χ4v) is 2.79. The highest BCUT2D eigenvalue weighted by atomic mass is 16.5. The van der Waals surface area contributed by atoms with Crippen molar-refractivity contribution in [2.45, 2.75) is 26.5 Å². The van der Waals surface area contributed by atoms with Gasteiger partial charge in [-0.3, -0.25) is 9.59 Å². The molecule has 0 heterocycles. The van der Waals surface area contributed by atoms with Crippen molar-refractivity contribution in [2.24, 2.45) is 0 Å². The number of benzene rings is 3. The zero-order valence-corrected chi connectivity index (χ0v) is 17.0. The first kappa shape index (κ1) is 20.9. The van der Waals surface area contributed by atoms with Gasteiger partial charge >= 0.3 is 0 Å². The number of hydrogen-bond donors (Lipinski definition) is 3. The zero-order valence-electron chi connectivity index (χ0n) is 17.0. The molecule has 0 aliphatic rings. The smallest absolute Gasteiger partial charge is 0.246 e. The van der Waals surface area contributed by atoms with Gasteiger partial charge in [0.15, 0.2) is 0 Å². The number of nitrogens with one attached hydrogen (secondary N) is 3. The van der Waals surface area contributed by atoms with Gasteiger partial charge in [0.1, 0.15) is 18.4 Å². The van der Waals surface area contributed by atoms with E-state index in [2.05, 4.69) is 16.0 Å². The van der Waals surface area contributed by atoms with Crippen LogP contribution < -0.4 is 20.7 Å². The summed E-state index contributed by atoms with van der Waals surface area (Å²) in [5, 5.41) is 8.74. The van der Waals surface area contributed by atoms with E-state index in [1.165, 1.54) is 6.92 Å². The van der Waals surface area contributed by atoms with Gasteiger partial charge in [0, 0.05) is 24.0 Å². The van der Waals surface area contributed by atoms with E-state index in [4.69, 9.17) is 4.74 Å². The van der Waals surface area contributed by atoms with Gasteiger partial charge < -0.3 is 20.7 Å². The molecular formula is C24H25N3O3. The van der Waals surface area contributed by atoms with E-state index in [0.717, 1.165) is 17.0 Å². The Bertz CT molecular complexity index is 971. The zero-order chi connectivity index (χ0) is 21.3. The third-order valence-corrected chi connectivity index (χ3v) is 4.35. The van der Waals surface area contributed by atoms with Gasteiger partial charge in [-0.25, -0.2) is 0 Å². The van der Waals surface area contributed by atoms with E-state index in [9.17, 15) is 9.59 Å². The van der Waals surface area contributed by atoms with Crippen LogP contribution in [-0.2, 0) is 16.2 Å². The lowest BCUT2D eigenvalue weighted by atomic mass is 10.2. The molecule has 1 atom stereocenters. The topological polar surface area (TPSA) is 79.5 Å². The first-order valence-corrected chi connectivity index (χ1v) is 9.71. The molecule has 3 aromatic rings. The Kier molecular flexibility index (Phi) is 7.05. The molecule has 0 saturated carbocycles. The summed E-state index contributed by atoms with van der Waals surface area (Å²) in [6.45, 7) is 3.74. The summed E-state index contributed by atoms with van der Waals surface area (Å²) in [7, 11) is 0. The van der Waals surface area contributed by atoms with Crippen LogP contribution in [0.5, 0.6) is 5.75 Å². The van der Waals surface area contributed by atoms with Crippen LogP contribution in [0.3, 0.4) is 0 Å². The minimum atomic E-state index is -0.439. The Morgan fingerprint density at radius 1 is 0.800 bits per heavy atom. The van der Waals surface area contributed by atoms with E-state index in [-0.39, 0.29) is 11.8 Å². The van der Waals surface area contributed by atoms with Crippen molar-refractivity contribution in [2.75, 3.05) is 16.0 Å². The molecule has 0 bridgehead atoms. The monoisotopic (exact) mass is 403 g/mol. The number of rotatable bonds is 8. The largest absolute Gasteiger partial charge is 0.489 e. The maximum Gasteiger partial charge on any atom is 0.246 e. The van der Waals surface area contributed by atoms with Crippen LogP contribution in [0.4, 0.5) is 17.1 Å². The van der Waals surface area contributed by atoms with E-state index in [1.54, 1.807) is 19.1 Å². The highest BCUT2D eigenvalue weighted by Gasteiger charge is 2.13. The average Bonchev–Trinajstić information content (AvgIpc) is 2.75. The van der Waals surface area contributed by atoms with Gasteiger partial charge in [0.05, 0.1) is 0 Å². The Balaban J connectivity index is 1.49. The molecule has 2 amide bonds.